The first-order chi connectivity index (χ1) is 10.4. The van der Waals surface area contributed by atoms with Crippen molar-refractivity contribution in [1.29, 1.82) is 0 Å². The number of thiazole rings is 1. The number of benzene rings is 1. The third kappa shape index (κ3) is 2.64. The van der Waals surface area contributed by atoms with Gasteiger partial charge in [0.1, 0.15) is 0 Å². The lowest BCUT2D eigenvalue weighted by Crippen LogP contribution is -2.46. The minimum absolute atomic E-state index is 0.952. The van der Waals surface area contributed by atoms with Crippen LogP contribution < -0.4 is 4.90 Å². The number of para-hydroxylation sites is 1. The molecule has 0 spiro atoms. The molecule has 21 heavy (non-hydrogen) atoms. The highest BCUT2D eigenvalue weighted by Gasteiger charge is 2.20. The average Bonchev–Trinajstić information content (AvgIpc) is 3.16. The van der Waals surface area contributed by atoms with Gasteiger partial charge in [-0.25, -0.2) is 9.97 Å². The Bertz CT molecular complexity index is 680. The normalized spacial score (nSPS) is 16.7. The van der Waals surface area contributed by atoms with Crippen LogP contribution in [0.1, 0.15) is 5.69 Å². The van der Waals surface area contributed by atoms with E-state index >= 15 is 0 Å². The molecule has 5 nitrogen and oxygen atoms in total. The highest BCUT2D eigenvalue weighted by molar-refractivity contribution is 7.22. The SMILES string of the molecule is c1ccc2sc(N3CCN(Cc4cnc[nH]4)CC3)nc2c1. The van der Waals surface area contributed by atoms with Gasteiger partial charge in [0.05, 0.1) is 16.5 Å². The average molecular weight is 299 g/mol. The van der Waals surface area contributed by atoms with E-state index in [0.29, 0.717) is 0 Å². The van der Waals surface area contributed by atoms with Crippen molar-refractivity contribution in [1.82, 2.24) is 19.9 Å². The third-order valence-electron chi connectivity index (χ3n) is 3.87. The largest absolute Gasteiger partial charge is 0.347 e. The maximum absolute atomic E-state index is 4.75. The maximum atomic E-state index is 4.75. The number of fused-ring (bicyclic) bond motifs is 1. The molecule has 0 radical (unpaired) electrons. The van der Waals surface area contributed by atoms with E-state index in [9.17, 15) is 0 Å². The topological polar surface area (TPSA) is 48.0 Å². The Hall–Kier alpha value is -1.92. The number of rotatable bonds is 3. The molecule has 0 atom stereocenters. The molecule has 108 valence electrons. The fourth-order valence-corrected chi connectivity index (χ4v) is 3.72. The first-order valence-electron chi connectivity index (χ1n) is 7.18. The molecule has 4 rings (SSSR count). The predicted molar refractivity (Wildman–Crippen MR) is 85.7 cm³/mol. The number of piperazine rings is 1. The second-order valence-electron chi connectivity index (χ2n) is 5.30. The molecule has 6 heteroatoms. The van der Waals surface area contributed by atoms with Crippen LogP contribution in [0.5, 0.6) is 0 Å². The van der Waals surface area contributed by atoms with Gasteiger partial charge in [0.15, 0.2) is 5.13 Å². The predicted octanol–water partition coefficient (Wildman–Crippen LogP) is 2.34. The van der Waals surface area contributed by atoms with Crippen molar-refractivity contribution < 1.29 is 0 Å². The summed E-state index contributed by atoms with van der Waals surface area (Å²) in [7, 11) is 0. The number of imidazole rings is 1. The summed E-state index contributed by atoms with van der Waals surface area (Å²) in [4.78, 5) is 16.8. The van der Waals surface area contributed by atoms with Gasteiger partial charge >= 0.3 is 0 Å². The summed E-state index contributed by atoms with van der Waals surface area (Å²) >= 11 is 1.79. The molecule has 2 aromatic heterocycles. The number of anilines is 1. The minimum Gasteiger partial charge on any atom is -0.347 e. The van der Waals surface area contributed by atoms with Crippen LogP contribution in [0.3, 0.4) is 0 Å². The van der Waals surface area contributed by atoms with Crippen molar-refractivity contribution in [2.24, 2.45) is 0 Å². The van der Waals surface area contributed by atoms with E-state index in [2.05, 4.69) is 38.0 Å². The van der Waals surface area contributed by atoms with Crippen LogP contribution in [0.2, 0.25) is 0 Å². The fraction of sp³-hybridized carbons (Fsp3) is 0.333. The molecule has 1 aliphatic rings. The standard InChI is InChI=1S/C15H17N5S/c1-2-4-14-13(3-1)18-15(21-14)20-7-5-19(6-8-20)10-12-9-16-11-17-12/h1-4,9,11H,5-8,10H2,(H,16,17). The van der Waals surface area contributed by atoms with Gasteiger partial charge in [-0.3, -0.25) is 4.90 Å². The van der Waals surface area contributed by atoms with Crippen molar-refractivity contribution >= 4 is 26.7 Å². The third-order valence-corrected chi connectivity index (χ3v) is 4.97. The van der Waals surface area contributed by atoms with Gasteiger partial charge in [0, 0.05) is 44.6 Å². The molecule has 0 unspecified atom stereocenters. The van der Waals surface area contributed by atoms with E-state index in [1.54, 1.807) is 17.7 Å². The number of aromatic nitrogens is 3. The van der Waals surface area contributed by atoms with Crippen LogP contribution in [0, 0.1) is 0 Å². The van der Waals surface area contributed by atoms with E-state index in [0.717, 1.165) is 43.4 Å². The van der Waals surface area contributed by atoms with Crippen molar-refractivity contribution in [3.05, 3.63) is 42.5 Å². The summed E-state index contributed by atoms with van der Waals surface area (Å²) in [6, 6.07) is 8.36. The first kappa shape index (κ1) is 12.8. The highest BCUT2D eigenvalue weighted by Crippen LogP contribution is 2.29. The van der Waals surface area contributed by atoms with Gasteiger partial charge in [-0.1, -0.05) is 23.5 Å². The number of nitrogens with one attached hydrogen (secondary N) is 1. The Kier molecular flexibility index (Phi) is 3.33. The van der Waals surface area contributed by atoms with Crippen LogP contribution in [0.15, 0.2) is 36.8 Å². The fourth-order valence-electron chi connectivity index (χ4n) is 2.70. The summed E-state index contributed by atoms with van der Waals surface area (Å²) in [5.74, 6) is 0. The number of aromatic amines is 1. The van der Waals surface area contributed by atoms with Gasteiger partial charge in [-0.05, 0) is 12.1 Å². The summed E-state index contributed by atoms with van der Waals surface area (Å²) in [5, 5.41) is 1.15. The zero-order valence-electron chi connectivity index (χ0n) is 11.7. The van der Waals surface area contributed by atoms with E-state index in [-0.39, 0.29) is 0 Å². The quantitative estimate of drug-likeness (QED) is 0.806. The number of H-pyrrole nitrogens is 1. The molecular weight excluding hydrogens is 282 g/mol. The van der Waals surface area contributed by atoms with Gasteiger partial charge in [0.25, 0.3) is 0 Å². The monoisotopic (exact) mass is 299 g/mol. The summed E-state index contributed by atoms with van der Waals surface area (Å²) in [6.07, 6.45) is 3.65. The van der Waals surface area contributed by atoms with Crippen molar-refractivity contribution in [2.75, 3.05) is 31.1 Å². The second kappa shape index (κ2) is 5.46. The Morgan fingerprint density at radius 2 is 2.00 bits per heavy atom. The van der Waals surface area contributed by atoms with Crippen LogP contribution in [0.4, 0.5) is 5.13 Å². The van der Waals surface area contributed by atoms with Gasteiger partial charge in [0.2, 0.25) is 0 Å². The van der Waals surface area contributed by atoms with Crippen molar-refractivity contribution in [3.8, 4) is 0 Å². The number of nitrogens with zero attached hydrogens (tertiary/aromatic N) is 4. The highest BCUT2D eigenvalue weighted by atomic mass is 32.1. The molecule has 1 aliphatic heterocycles. The molecule has 3 aromatic rings. The first-order valence-corrected chi connectivity index (χ1v) is 8.00. The molecular formula is C15H17N5S. The van der Waals surface area contributed by atoms with E-state index in [4.69, 9.17) is 4.98 Å². The number of hydrogen-bond acceptors (Lipinski definition) is 5. The molecule has 1 saturated heterocycles. The van der Waals surface area contributed by atoms with Gasteiger partial charge < -0.3 is 9.88 Å². The number of hydrogen-bond donors (Lipinski definition) is 1. The Morgan fingerprint density at radius 3 is 2.76 bits per heavy atom. The van der Waals surface area contributed by atoms with E-state index in [1.165, 1.54) is 10.4 Å². The molecule has 1 N–H and O–H groups in total. The lowest BCUT2D eigenvalue weighted by Gasteiger charge is -2.34. The molecule has 1 fully saturated rings. The summed E-state index contributed by atoms with van der Waals surface area (Å²) in [6.45, 7) is 5.15. The van der Waals surface area contributed by atoms with Gasteiger partial charge in [-0.15, -0.1) is 0 Å². The second-order valence-corrected chi connectivity index (χ2v) is 6.31. The van der Waals surface area contributed by atoms with E-state index < -0.39 is 0 Å². The lowest BCUT2D eigenvalue weighted by atomic mass is 10.3. The van der Waals surface area contributed by atoms with Crippen LogP contribution in [-0.2, 0) is 6.54 Å². The summed E-state index contributed by atoms with van der Waals surface area (Å²) in [5.41, 5.74) is 2.29. The minimum atomic E-state index is 0.952. The molecule has 1 aromatic carbocycles. The van der Waals surface area contributed by atoms with Crippen molar-refractivity contribution in [2.45, 2.75) is 6.54 Å². The molecule has 0 bridgehead atoms. The summed E-state index contributed by atoms with van der Waals surface area (Å²) < 4.78 is 1.27. The van der Waals surface area contributed by atoms with Gasteiger partial charge in [-0.2, -0.15) is 0 Å². The zero-order chi connectivity index (χ0) is 14.1. The molecule has 0 aliphatic carbocycles. The Balaban J connectivity index is 1.42. The smallest absolute Gasteiger partial charge is 0.186 e. The van der Waals surface area contributed by atoms with E-state index in [1.807, 2.05) is 12.3 Å². The van der Waals surface area contributed by atoms with Crippen LogP contribution in [0.25, 0.3) is 10.2 Å². The van der Waals surface area contributed by atoms with Crippen molar-refractivity contribution in [3.63, 3.8) is 0 Å². The molecule has 0 saturated carbocycles. The van der Waals surface area contributed by atoms with Crippen LogP contribution in [-0.4, -0.2) is 46.0 Å². The lowest BCUT2D eigenvalue weighted by molar-refractivity contribution is 0.247. The molecule has 0 amide bonds. The Labute approximate surface area is 127 Å². The maximum Gasteiger partial charge on any atom is 0.186 e. The Morgan fingerprint density at radius 1 is 1.14 bits per heavy atom. The zero-order valence-corrected chi connectivity index (χ0v) is 12.5. The van der Waals surface area contributed by atoms with Crippen LogP contribution >= 0.6 is 11.3 Å². The molecule has 3 heterocycles.